The van der Waals surface area contributed by atoms with Crippen LogP contribution in [0.1, 0.15) is 76.0 Å². The second kappa shape index (κ2) is 13.1. The molecule has 0 aliphatic rings. The Morgan fingerprint density at radius 1 is 0.419 bits per heavy atom. The van der Waals surface area contributed by atoms with Gasteiger partial charge in [0.15, 0.2) is 0 Å². The van der Waals surface area contributed by atoms with Gasteiger partial charge in [-0.1, -0.05) is 0 Å². The van der Waals surface area contributed by atoms with Crippen molar-refractivity contribution in [2.24, 2.45) is 0 Å². The van der Waals surface area contributed by atoms with E-state index < -0.39 is 20.2 Å². The molecule has 0 saturated carbocycles. The van der Waals surface area contributed by atoms with Gasteiger partial charge in [-0.05, 0) is 0 Å². The summed E-state index contributed by atoms with van der Waals surface area (Å²) in [4.78, 5) is 0. The first-order valence-electron chi connectivity index (χ1n) is 12.3. The second-order valence-corrected chi connectivity index (χ2v) is 15.0. The number of rotatable bonds is 12. The number of hydrogen-bond acceptors (Lipinski definition) is 0. The molecule has 164 valence electrons. The SMILES string of the molecule is CCCCc1cc[c]([Sb]([c]2ccc(CCCC)cc2)[c]2ccc(CCCC)cc2)cc1. The molecule has 1 heteroatoms. The summed E-state index contributed by atoms with van der Waals surface area (Å²) in [6, 6.07) is 28.9. The second-order valence-electron chi connectivity index (χ2n) is 8.65. The van der Waals surface area contributed by atoms with E-state index in [0.29, 0.717) is 0 Å². The molecule has 0 fully saturated rings. The van der Waals surface area contributed by atoms with E-state index in [0.717, 1.165) is 0 Å². The molecule has 0 atom stereocenters. The molecule has 0 saturated heterocycles. The summed E-state index contributed by atoms with van der Waals surface area (Å²) in [6.45, 7) is 6.82. The van der Waals surface area contributed by atoms with Crippen LogP contribution in [-0.4, -0.2) is 20.2 Å². The first kappa shape index (κ1) is 24.1. The van der Waals surface area contributed by atoms with Crippen LogP contribution in [0.25, 0.3) is 0 Å². The standard InChI is InChI=1S/3C10H13.Sb/c3*1-2-3-7-10-8-5-4-6-9-10;/h3*5-6,8-9H,2-3,7H2,1H3;. The predicted octanol–water partition coefficient (Wildman–Crippen LogP) is 6.23. The van der Waals surface area contributed by atoms with Gasteiger partial charge in [-0.3, -0.25) is 0 Å². The quantitative estimate of drug-likeness (QED) is 0.248. The van der Waals surface area contributed by atoms with Crippen LogP contribution in [0.5, 0.6) is 0 Å². The predicted molar refractivity (Wildman–Crippen MR) is 140 cm³/mol. The van der Waals surface area contributed by atoms with E-state index in [2.05, 4.69) is 93.6 Å². The monoisotopic (exact) mass is 520 g/mol. The summed E-state index contributed by atoms with van der Waals surface area (Å²) in [5, 5.41) is 0. The Morgan fingerprint density at radius 3 is 0.903 bits per heavy atom. The summed E-state index contributed by atoms with van der Waals surface area (Å²) < 4.78 is 4.72. The third kappa shape index (κ3) is 7.25. The molecule has 0 aliphatic heterocycles. The Kier molecular flexibility index (Phi) is 10.2. The molecule has 0 spiro atoms. The molecule has 0 unspecified atom stereocenters. The van der Waals surface area contributed by atoms with Crippen molar-refractivity contribution < 1.29 is 0 Å². The van der Waals surface area contributed by atoms with Crippen LogP contribution in [0.2, 0.25) is 0 Å². The number of aryl methyl sites for hydroxylation is 3. The van der Waals surface area contributed by atoms with E-state index >= 15 is 0 Å². The first-order valence-corrected chi connectivity index (χ1v) is 16.1. The van der Waals surface area contributed by atoms with Gasteiger partial charge in [-0.15, -0.1) is 0 Å². The fraction of sp³-hybridized carbons (Fsp3) is 0.400. The molecule has 0 N–H and O–H groups in total. The Balaban J connectivity index is 1.90. The van der Waals surface area contributed by atoms with Crippen molar-refractivity contribution >= 4 is 30.7 Å². The third-order valence-electron chi connectivity index (χ3n) is 6.04. The zero-order valence-corrected chi connectivity index (χ0v) is 22.3. The minimum atomic E-state index is -2.01. The zero-order chi connectivity index (χ0) is 21.9. The van der Waals surface area contributed by atoms with Crippen LogP contribution in [0.3, 0.4) is 0 Å². The summed E-state index contributed by atoms with van der Waals surface area (Å²) in [5.74, 6) is 0. The van der Waals surface area contributed by atoms with E-state index in [4.69, 9.17) is 0 Å². The minimum absolute atomic E-state index is 1.20. The molecule has 3 rings (SSSR count). The van der Waals surface area contributed by atoms with Gasteiger partial charge in [-0.2, -0.15) is 0 Å². The third-order valence-corrected chi connectivity index (χ3v) is 13.0. The van der Waals surface area contributed by atoms with Gasteiger partial charge in [0.1, 0.15) is 0 Å². The number of hydrogen-bond donors (Lipinski definition) is 0. The summed E-state index contributed by atoms with van der Waals surface area (Å²) in [5.41, 5.74) is 4.45. The van der Waals surface area contributed by atoms with Crippen LogP contribution < -0.4 is 10.5 Å². The van der Waals surface area contributed by atoms with Gasteiger partial charge in [0, 0.05) is 0 Å². The Morgan fingerprint density at radius 2 is 0.677 bits per heavy atom. The van der Waals surface area contributed by atoms with Crippen molar-refractivity contribution in [1.29, 1.82) is 0 Å². The van der Waals surface area contributed by atoms with E-state index in [9.17, 15) is 0 Å². The molecule has 0 heterocycles. The summed E-state index contributed by atoms with van der Waals surface area (Å²) >= 11 is -2.01. The molecule has 0 amide bonds. The van der Waals surface area contributed by atoms with Gasteiger partial charge >= 0.3 is 199 Å². The maximum atomic E-state index is 2.43. The van der Waals surface area contributed by atoms with Crippen LogP contribution in [0.4, 0.5) is 0 Å². The van der Waals surface area contributed by atoms with Crippen molar-refractivity contribution in [1.82, 2.24) is 0 Å². The molecular weight excluding hydrogens is 482 g/mol. The average Bonchev–Trinajstić information content (AvgIpc) is 2.82. The number of unbranched alkanes of at least 4 members (excludes halogenated alkanes) is 3. The van der Waals surface area contributed by atoms with Gasteiger partial charge in [-0.25, -0.2) is 0 Å². The number of benzene rings is 3. The maximum absolute atomic E-state index is 2.43. The van der Waals surface area contributed by atoms with Gasteiger partial charge < -0.3 is 0 Å². The van der Waals surface area contributed by atoms with E-state index in [1.807, 2.05) is 0 Å². The van der Waals surface area contributed by atoms with E-state index in [-0.39, 0.29) is 0 Å². The zero-order valence-electron chi connectivity index (χ0n) is 19.7. The van der Waals surface area contributed by atoms with Gasteiger partial charge in [0.25, 0.3) is 0 Å². The Bertz CT molecular complexity index is 753. The molecule has 31 heavy (non-hydrogen) atoms. The molecule has 0 bridgehead atoms. The van der Waals surface area contributed by atoms with Crippen molar-refractivity contribution in [2.45, 2.75) is 78.6 Å². The fourth-order valence-electron chi connectivity index (χ4n) is 4.02. The molecule has 3 aromatic rings. The first-order chi connectivity index (χ1) is 15.2. The Hall–Kier alpha value is -1.52. The van der Waals surface area contributed by atoms with Crippen LogP contribution in [0, 0.1) is 0 Å². The van der Waals surface area contributed by atoms with Crippen molar-refractivity contribution in [3.63, 3.8) is 0 Å². The molecule has 3 aromatic carbocycles. The van der Waals surface area contributed by atoms with Gasteiger partial charge in [0.05, 0.1) is 0 Å². The fourth-order valence-corrected chi connectivity index (χ4v) is 10.4. The van der Waals surface area contributed by atoms with Crippen LogP contribution >= 0.6 is 0 Å². The van der Waals surface area contributed by atoms with E-state index in [1.54, 1.807) is 10.5 Å². The van der Waals surface area contributed by atoms with Crippen molar-refractivity contribution in [3.8, 4) is 0 Å². The summed E-state index contributed by atoms with van der Waals surface area (Å²) in [6.07, 6.45) is 11.2. The van der Waals surface area contributed by atoms with Crippen LogP contribution in [-0.2, 0) is 19.3 Å². The van der Waals surface area contributed by atoms with E-state index in [1.165, 1.54) is 74.5 Å². The molecule has 0 aromatic heterocycles. The van der Waals surface area contributed by atoms with Crippen LogP contribution in [0.15, 0.2) is 72.8 Å². The topological polar surface area (TPSA) is 0 Å². The van der Waals surface area contributed by atoms with Gasteiger partial charge in [0.2, 0.25) is 0 Å². The average molecular weight is 521 g/mol. The summed E-state index contributed by atoms with van der Waals surface area (Å²) in [7, 11) is 0. The molecule has 0 nitrogen and oxygen atoms in total. The molecular formula is C30H39Sb. The Labute approximate surface area is 198 Å². The normalized spacial score (nSPS) is 11.2. The van der Waals surface area contributed by atoms with Crippen molar-refractivity contribution in [3.05, 3.63) is 89.5 Å². The molecule has 0 aliphatic carbocycles. The van der Waals surface area contributed by atoms with Crippen molar-refractivity contribution in [2.75, 3.05) is 0 Å². The molecule has 0 radical (unpaired) electrons.